The molecule has 21 heavy (non-hydrogen) atoms. The predicted molar refractivity (Wildman–Crippen MR) is 56.7 cm³/mol. The molecule has 0 aliphatic heterocycles. The van der Waals surface area contributed by atoms with Crippen molar-refractivity contribution in [3.05, 3.63) is 34.9 Å². The number of rotatable bonds is 1. The van der Waals surface area contributed by atoms with Gasteiger partial charge in [0.2, 0.25) is 0 Å². The maximum atomic E-state index is 12.6. The maximum Gasteiger partial charge on any atom is 0.416 e. The SMILES string of the molecule is Cl.N[C@@H](c1ccc(C(F)(F)F)cc1C(F)(F)F)C(F)(F)F. The van der Waals surface area contributed by atoms with E-state index in [2.05, 4.69) is 5.73 Å². The first-order valence-corrected chi connectivity index (χ1v) is 4.85. The summed E-state index contributed by atoms with van der Waals surface area (Å²) < 4.78 is 112. The van der Waals surface area contributed by atoms with Gasteiger partial charge in [0.15, 0.2) is 0 Å². The van der Waals surface area contributed by atoms with Crippen molar-refractivity contribution in [1.29, 1.82) is 0 Å². The van der Waals surface area contributed by atoms with E-state index in [0.29, 0.717) is 0 Å². The first-order valence-electron chi connectivity index (χ1n) is 4.85. The molecule has 0 aliphatic carbocycles. The smallest absolute Gasteiger partial charge is 0.316 e. The van der Waals surface area contributed by atoms with Gasteiger partial charge in [-0.1, -0.05) is 6.07 Å². The predicted octanol–water partition coefficient (Wildman–Crippen LogP) is 4.71. The lowest BCUT2D eigenvalue weighted by atomic mass is 9.97. The molecule has 2 N–H and O–H groups in total. The Kier molecular flexibility index (Phi) is 5.59. The summed E-state index contributed by atoms with van der Waals surface area (Å²) in [7, 11) is 0. The lowest BCUT2D eigenvalue weighted by molar-refractivity contribution is -0.156. The Hall–Kier alpha value is -1.16. The van der Waals surface area contributed by atoms with Crippen molar-refractivity contribution in [3.8, 4) is 0 Å². The standard InChI is InChI=1S/C10H6F9N.ClH/c11-8(12,13)4-1-2-5(7(20)10(17,18)19)6(3-4)9(14,15)16;/h1-3,7H,20H2;1H/t7-;/m0./s1. The van der Waals surface area contributed by atoms with Crippen molar-refractivity contribution in [2.24, 2.45) is 5.73 Å². The van der Waals surface area contributed by atoms with Gasteiger partial charge in [-0.05, 0) is 17.7 Å². The zero-order chi connectivity index (χ0) is 15.9. The molecule has 0 aromatic heterocycles. The van der Waals surface area contributed by atoms with Crippen molar-refractivity contribution in [2.45, 2.75) is 24.6 Å². The van der Waals surface area contributed by atoms with Crippen LogP contribution in [0, 0.1) is 0 Å². The van der Waals surface area contributed by atoms with Gasteiger partial charge in [-0.2, -0.15) is 39.5 Å². The number of halogens is 10. The Labute approximate surface area is 118 Å². The third-order valence-corrected chi connectivity index (χ3v) is 2.37. The first-order chi connectivity index (χ1) is 8.74. The Bertz CT molecular complexity index is 489. The second-order valence-corrected chi connectivity index (χ2v) is 3.82. The van der Waals surface area contributed by atoms with Crippen molar-refractivity contribution in [1.82, 2.24) is 0 Å². The van der Waals surface area contributed by atoms with Gasteiger partial charge in [-0.3, -0.25) is 0 Å². The van der Waals surface area contributed by atoms with Crippen molar-refractivity contribution < 1.29 is 39.5 Å². The van der Waals surface area contributed by atoms with Gasteiger partial charge >= 0.3 is 18.5 Å². The molecule has 0 fully saturated rings. The van der Waals surface area contributed by atoms with Gasteiger partial charge in [0.25, 0.3) is 0 Å². The molecule has 11 heteroatoms. The summed E-state index contributed by atoms with van der Waals surface area (Å²) in [5.74, 6) is 0. The van der Waals surface area contributed by atoms with Crippen LogP contribution in [-0.4, -0.2) is 6.18 Å². The van der Waals surface area contributed by atoms with Gasteiger partial charge in [0.1, 0.15) is 6.04 Å². The zero-order valence-electron chi connectivity index (χ0n) is 9.70. The molecule has 0 saturated heterocycles. The molecule has 1 aromatic rings. The van der Waals surface area contributed by atoms with Gasteiger partial charge < -0.3 is 5.73 Å². The third kappa shape index (κ3) is 4.67. The highest BCUT2D eigenvalue weighted by Crippen LogP contribution is 2.41. The molecule has 1 rings (SSSR count). The second-order valence-electron chi connectivity index (χ2n) is 3.82. The highest BCUT2D eigenvalue weighted by molar-refractivity contribution is 5.85. The topological polar surface area (TPSA) is 26.0 Å². The van der Waals surface area contributed by atoms with Crippen molar-refractivity contribution >= 4 is 12.4 Å². The summed E-state index contributed by atoms with van der Waals surface area (Å²) in [6.07, 6.45) is -15.7. The molecule has 0 heterocycles. The highest BCUT2D eigenvalue weighted by Gasteiger charge is 2.45. The summed E-state index contributed by atoms with van der Waals surface area (Å²) in [6.45, 7) is 0. The summed E-state index contributed by atoms with van der Waals surface area (Å²) in [5, 5.41) is 0. The van der Waals surface area contributed by atoms with Crippen LogP contribution in [0.15, 0.2) is 18.2 Å². The molecule has 1 atom stereocenters. The molecule has 0 amide bonds. The minimum atomic E-state index is -5.39. The highest BCUT2D eigenvalue weighted by atomic mass is 35.5. The number of hydrogen-bond donors (Lipinski definition) is 1. The van der Waals surface area contributed by atoms with Crippen LogP contribution in [0.3, 0.4) is 0 Å². The Morgan fingerprint density at radius 2 is 1.29 bits per heavy atom. The molecule has 0 spiro atoms. The number of hydrogen-bond acceptors (Lipinski definition) is 1. The fourth-order valence-electron chi connectivity index (χ4n) is 1.43. The van der Waals surface area contributed by atoms with Crippen LogP contribution in [0.4, 0.5) is 39.5 Å². The fraction of sp³-hybridized carbons (Fsp3) is 0.400. The normalized spacial score (nSPS) is 14.6. The fourth-order valence-corrected chi connectivity index (χ4v) is 1.43. The lowest BCUT2D eigenvalue weighted by Crippen LogP contribution is -2.31. The molecule has 0 radical (unpaired) electrons. The van der Waals surface area contributed by atoms with E-state index in [1.807, 2.05) is 0 Å². The Morgan fingerprint density at radius 1 is 0.810 bits per heavy atom. The van der Waals surface area contributed by atoms with E-state index in [4.69, 9.17) is 0 Å². The van der Waals surface area contributed by atoms with Gasteiger partial charge in [-0.15, -0.1) is 12.4 Å². The minimum absolute atomic E-state index is 0. The zero-order valence-corrected chi connectivity index (χ0v) is 10.5. The molecule has 122 valence electrons. The van der Waals surface area contributed by atoms with Gasteiger partial charge in [0, 0.05) is 0 Å². The van der Waals surface area contributed by atoms with E-state index in [9.17, 15) is 39.5 Å². The van der Waals surface area contributed by atoms with Crippen LogP contribution in [0.1, 0.15) is 22.7 Å². The van der Waals surface area contributed by atoms with E-state index in [0.717, 1.165) is 0 Å². The summed E-state index contributed by atoms with van der Waals surface area (Å²) in [4.78, 5) is 0. The summed E-state index contributed by atoms with van der Waals surface area (Å²) in [6, 6.07) is -3.21. The molecule has 0 aliphatic rings. The van der Waals surface area contributed by atoms with Crippen molar-refractivity contribution in [2.75, 3.05) is 0 Å². The molecular formula is C10H7ClF9N. The van der Waals surface area contributed by atoms with E-state index in [1.165, 1.54) is 0 Å². The molecule has 1 nitrogen and oxygen atoms in total. The van der Waals surface area contributed by atoms with E-state index in [1.54, 1.807) is 0 Å². The van der Waals surface area contributed by atoms with Crippen molar-refractivity contribution in [3.63, 3.8) is 0 Å². The van der Waals surface area contributed by atoms with Gasteiger partial charge in [0.05, 0.1) is 11.1 Å². The third-order valence-electron chi connectivity index (χ3n) is 2.37. The molecule has 0 saturated carbocycles. The Morgan fingerprint density at radius 3 is 1.62 bits per heavy atom. The van der Waals surface area contributed by atoms with E-state index in [-0.39, 0.29) is 30.6 Å². The van der Waals surface area contributed by atoms with Crippen LogP contribution in [-0.2, 0) is 12.4 Å². The summed E-state index contributed by atoms with van der Waals surface area (Å²) >= 11 is 0. The average Bonchev–Trinajstić information content (AvgIpc) is 2.23. The number of alkyl halides is 9. The van der Waals surface area contributed by atoms with Crippen LogP contribution in [0.25, 0.3) is 0 Å². The quantitative estimate of drug-likeness (QED) is 0.732. The van der Waals surface area contributed by atoms with Gasteiger partial charge in [-0.25, -0.2) is 0 Å². The molecule has 0 unspecified atom stereocenters. The second kappa shape index (κ2) is 5.91. The molecular weight excluding hydrogens is 341 g/mol. The minimum Gasteiger partial charge on any atom is -0.316 e. The lowest BCUT2D eigenvalue weighted by Gasteiger charge is -2.21. The Balaban J connectivity index is 0.00000400. The maximum absolute atomic E-state index is 12.6. The van der Waals surface area contributed by atoms with Crippen LogP contribution in [0.5, 0.6) is 0 Å². The van der Waals surface area contributed by atoms with E-state index >= 15 is 0 Å². The van der Waals surface area contributed by atoms with Crippen LogP contribution >= 0.6 is 12.4 Å². The van der Waals surface area contributed by atoms with E-state index < -0.39 is 41.3 Å². The average molecular weight is 348 g/mol. The largest absolute Gasteiger partial charge is 0.416 e. The number of benzene rings is 1. The monoisotopic (exact) mass is 347 g/mol. The summed E-state index contributed by atoms with van der Waals surface area (Å²) in [5.41, 5.74) is -0.602. The molecule has 1 aromatic carbocycles. The first kappa shape index (κ1) is 19.8. The van der Waals surface area contributed by atoms with Crippen LogP contribution < -0.4 is 5.73 Å². The number of nitrogens with two attached hydrogens (primary N) is 1. The van der Waals surface area contributed by atoms with Crippen LogP contribution in [0.2, 0.25) is 0 Å². The molecule has 0 bridgehead atoms.